The number of nitrogens with zero attached hydrogens (tertiary/aromatic N) is 3. The summed E-state index contributed by atoms with van der Waals surface area (Å²) in [5.74, 6) is 0. The molecule has 98 valence electrons. The fourth-order valence-electron chi connectivity index (χ4n) is 2.12. The van der Waals surface area contributed by atoms with Gasteiger partial charge in [-0.3, -0.25) is 4.68 Å². The van der Waals surface area contributed by atoms with Gasteiger partial charge in [0.15, 0.2) is 0 Å². The number of likely N-dealkylation sites (N-methyl/N-ethyl adjacent to an activating group) is 2. The molecule has 1 aromatic rings. The van der Waals surface area contributed by atoms with E-state index in [2.05, 4.69) is 49.3 Å². The van der Waals surface area contributed by atoms with Gasteiger partial charge < -0.3 is 10.2 Å². The van der Waals surface area contributed by atoms with E-state index in [4.69, 9.17) is 0 Å². The van der Waals surface area contributed by atoms with Crippen LogP contribution in [-0.4, -0.2) is 47.9 Å². The minimum absolute atomic E-state index is 0.495. The normalized spacial score (nSPS) is 13.3. The van der Waals surface area contributed by atoms with Crippen LogP contribution in [0.2, 0.25) is 0 Å². The average molecular weight is 238 g/mol. The van der Waals surface area contributed by atoms with Gasteiger partial charge in [-0.2, -0.15) is 5.10 Å². The van der Waals surface area contributed by atoms with Crippen LogP contribution in [0.1, 0.15) is 25.2 Å². The molecule has 0 aliphatic carbocycles. The zero-order valence-electron chi connectivity index (χ0n) is 11.8. The molecule has 1 heterocycles. The number of rotatable bonds is 7. The molecule has 0 saturated carbocycles. The van der Waals surface area contributed by atoms with E-state index in [-0.39, 0.29) is 0 Å². The molecule has 1 rings (SSSR count). The predicted molar refractivity (Wildman–Crippen MR) is 72.3 cm³/mol. The van der Waals surface area contributed by atoms with E-state index in [9.17, 15) is 0 Å². The van der Waals surface area contributed by atoms with E-state index < -0.39 is 0 Å². The van der Waals surface area contributed by atoms with Crippen molar-refractivity contribution < 1.29 is 0 Å². The van der Waals surface area contributed by atoms with Crippen molar-refractivity contribution >= 4 is 0 Å². The molecule has 1 aromatic heterocycles. The Labute approximate surface area is 105 Å². The van der Waals surface area contributed by atoms with Gasteiger partial charge in [0, 0.05) is 31.7 Å². The van der Waals surface area contributed by atoms with Crippen molar-refractivity contribution in [3.8, 4) is 0 Å². The predicted octanol–water partition coefficient (Wildman–Crippen LogP) is 1.06. The van der Waals surface area contributed by atoms with Crippen LogP contribution in [0.5, 0.6) is 0 Å². The van der Waals surface area contributed by atoms with E-state index in [1.165, 1.54) is 11.4 Å². The number of hydrogen-bond acceptors (Lipinski definition) is 3. The van der Waals surface area contributed by atoms with Crippen molar-refractivity contribution in [1.29, 1.82) is 0 Å². The van der Waals surface area contributed by atoms with Crippen LogP contribution in [-0.2, 0) is 19.9 Å². The second-order valence-electron chi connectivity index (χ2n) is 4.83. The Hall–Kier alpha value is -0.870. The van der Waals surface area contributed by atoms with Crippen LogP contribution in [0.15, 0.2) is 6.07 Å². The fourth-order valence-corrected chi connectivity index (χ4v) is 2.12. The molecule has 4 nitrogen and oxygen atoms in total. The van der Waals surface area contributed by atoms with Crippen LogP contribution in [0.4, 0.5) is 0 Å². The summed E-state index contributed by atoms with van der Waals surface area (Å²) in [5, 5.41) is 8.03. The zero-order valence-corrected chi connectivity index (χ0v) is 11.8. The highest BCUT2D eigenvalue weighted by Crippen LogP contribution is 2.07. The first-order chi connectivity index (χ1) is 8.06. The van der Waals surface area contributed by atoms with Gasteiger partial charge in [-0.25, -0.2) is 0 Å². The molecule has 1 atom stereocenters. The van der Waals surface area contributed by atoms with Crippen molar-refractivity contribution in [2.75, 3.05) is 27.2 Å². The molecule has 0 saturated heterocycles. The van der Waals surface area contributed by atoms with Gasteiger partial charge in [-0.15, -0.1) is 0 Å². The third kappa shape index (κ3) is 4.48. The molecular weight excluding hydrogens is 212 g/mol. The molecule has 0 spiro atoms. The van der Waals surface area contributed by atoms with Crippen molar-refractivity contribution in [1.82, 2.24) is 20.0 Å². The minimum Gasteiger partial charge on any atom is -0.313 e. The maximum absolute atomic E-state index is 4.50. The summed E-state index contributed by atoms with van der Waals surface area (Å²) < 4.78 is 2.01. The van der Waals surface area contributed by atoms with Crippen LogP contribution < -0.4 is 5.32 Å². The molecule has 0 radical (unpaired) electrons. The number of hydrogen-bond donors (Lipinski definition) is 1. The molecule has 0 amide bonds. The van der Waals surface area contributed by atoms with Gasteiger partial charge in [-0.1, -0.05) is 13.8 Å². The second kappa shape index (κ2) is 6.77. The molecule has 1 unspecified atom stereocenters. The van der Waals surface area contributed by atoms with Crippen molar-refractivity contribution in [3.05, 3.63) is 17.5 Å². The van der Waals surface area contributed by atoms with Gasteiger partial charge in [-0.05, 0) is 33.1 Å². The number of aryl methyl sites for hydroxylation is 2. The van der Waals surface area contributed by atoms with Crippen LogP contribution >= 0.6 is 0 Å². The molecule has 17 heavy (non-hydrogen) atoms. The van der Waals surface area contributed by atoms with Gasteiger partial charge in [0.2, 0.25) is 0 Å². The van der Waals surface area contributed by atoms with Crippen molar-refractivity contribution in [2.45, 2.75) is 32.7 Å². The van der Waals surface area contributed by atoms with Crippen LogP contribution in [0, 0.1) is 0 Å². The Balaban J connectivity index is 2.67. The maximum Gasteiger partial charge on any atom is 0.0624 e. The van der Waals surface area contributed by atoms with Gasteiger partial charge >= 0.3 is 0 Å². The summed E-state index contributed by atoms with van der Waals surface area (Å²) in [6, 6.07) is 2.72. The molecule has 0 bridgehead atoms. The molecule has 1 N–H and O–H groups in total. The maximum atomic E-state index is 4.50. The SMILES string of the molecule is CCNC(Cc1cc(CC)nn1C)CN(C)C. The topological polar surface area (TPSA) is 33.1 Å². The number of aromatic nitrogens is 2. The molecule has 0 fully saturated rings. The van der Waals surface area contributed by atoms with Crippen LogP contribution in [0.25, 0.3) is 0 Å². The highest BCUT2D eigenvalue weighted by atomic mass is 15.3. The molecule has 4 heteroatoms. The quantitative estimate of drug-likeness (QED) is 0.771. The van der Waals surface area contributed by atoms with E-state index in [0.717, 1.165) is 25.9 Å². The average Bonchev–Trinajstić information content (AvgIpc) is 2.59. The lowest BCUT2D eigenvalue weighted by atomic mass is 10.1. The highest BCUT2D eigenvalue weighted by molar-refractivity contribution is 5.11. The second-order valence-corrected chi connectivity index (χ2v) is 4.83. The molecule has 0 aliphatic heterocycles. The summed E-state index contributed by atoms with van der Waals surface area (Å²) in [4.78, 5) is 2.23. The first-order valence-corrected chi connectivity index (χ1v) is 6.46. The number of nitrogens with one attached hydrogen (secondary N) is 1. The molecular formula is C13H26N4. The van der Waals surface area contributed by atoms with E-state index >= 15 is 0 Å². The third-order valence-corrected chi connectivity index (χ3v) is 2.92. The van der Waals surface area contributed by atoms with E-state index in [0.29, 0.717) is 6.04 Å². The first-order valence-electron chi connectivity index (χ1n) is 6.46. The molecule has 0 aromatic carbocycles. The van der Waals surface area contributed by atoms with Crippen molar-refractivity contribution in [2.24, 2.45) is 7.05 Å². The summed E-state index contributed by atoms with van der Waals surface area (Å²) >= 11 is 0. The Morgan fingerprint density at radius 3 is 2.59 bits per heavy atom. The lowest BCUT2D eigenvalue weighted by Crippen LogP contribution is -2.40. The smallest absolute Gasteiger partial charge is 0.0624 e. The first kappa shape index (κ1) is 14.2. The summed E-state index contributed by atoms with van der Waals surface area (Å²) in [6.45, 7) is 6.37. The van der Waals surface area contributed by atoms with E-state index in [1.807, 2.05) is 11.7 Å². The lowest BCUT2D eigenvalue weighted by molar-refractivity contribution is 0.336. The van der Waals surface area contributed by atoms with Gasteiger partial charge in [0.05, 0.1) is 5.69 Å². The third-order valence-electron chi connectivity index (χ3n) is 2.92. The van der Waals surface area contributed by atoms with Crippen LogP contribution in [0.3, 0.4) is 0 Å². The largest absolute Gasteiger partial charge is 0.313 e. The van der Waals surface area contributed by atoms with Gasteiger partial charge in [0.1, 0.15) is 0 Å². The highest BCUT2D eigenvalue weighted by Gasteiger charge is 2.12. The molecule has 0 aliphatic rings. The van der Waals surface area contributed by atoms with Crippen molar-refractivity contribution in [3.63, 3.8) is 0 Å². The Bertz CT molecular complexity index is 330. The fraction of sp³-hybridized carbons (Fsp3) is 0.769. The zero-order chi connectivity index (χ0) is 12.8. The summed E-state index contributed by atoms with van der Waals surface area (Å²) in [7, 11) is 6.27. The Morgan fingerprint density at radius 1 is 1.41 bits per heavy atom. The Morgan fingerprint density at radius 2 is 2.12 bits per heavy atom. The monoisotopic (exact) mass is 238 g/mol. The van der Waals surface area contributed by atoms with E-state index in [1.54, 1.807) is 0 Å². The lowest BCUT2D eigenvalue weighted by Gasteiger charge is -2.21. The standard InChI is InChI=1S/C13H26N4/c1-6-11-8-13(17(5)15-11)9-12(14-7-2)10-16(3)4/h8,12,14H,6-7,9-10H2,1-5H3. The Kier molecular flexibility index (Phi) is 5.65. The summed E-state index contributed by atoms with van der Waals surface area (Å²) in [6.07, 6.45) is 2.04. The van der Waals surface area contributed by atoms with Gasteiger partial charge in [0.25, 0.3) is 0 Å². The minimum atomic E-state index is 0.495. The summed E-state index contributed by atoms with van der Waals surface area (Å²) in [5.41, 5.74) is 2.50.